The SMILES string of the molecule is C=N/C(=N\Cn1c2c3c(ccc2c2ccc4ccccc4c21)Oc1ccccc1O3)c1ccccc1.C=N\C=C/C=C\C=C\C. The van der Waals surface area contributed by atoms with Crippen LogP contribution in [0.2, 0.25) is 0 Å². The molecule has 7 rings (SSSR count). The minimum atomic E-state index is 0.346. The molecule has 2 heterocycles. The Morgan fingerprint density at radius 3 is 2.13 bits per heavy atom. The third-order valence-electron chi connectivity index (χ3n) is 7.37. The van der Waals surface area contributed by atoms with E-state index in [1.54, 1.807) is 6.20 Å². The molecule has 0 fully saturated rings. The van der Waals surface area contributed by atoms with Crippen molar-refractivity contribution in [1.29, 1.82) is 0 Å². The first kappa shape index (κ1) is 29.1. The van der Waals surface area contributed by atoms with Gasteiger partial charge in [-0.25, -0.2) is 9.98 Å². The average Bonchev–Trinajstić information content (AvgIpc) is 3.43. The summed E-state index contributed by atoms with van der Waals surface area (Å²) in [6, 6.07) is 34.5. The molecule has 0 spiro atoms. The molecular formula is C39H32N4O2. The summed E-state index contributed by atoms with van der Waals surface area (Å²) in [5.41, 5.74) is 2.96. The normalized spacial score (nSPS) is 12.6. The molecule has 1 aliphatic heterocycles. The summed E-state index contributed by atoms with van der Waals surface area (Å²) in [5.74, 6) is 3.37. The van der Waals surface area contributed by atoms with Crippen LogP contribution in [0.5, 0.6) is 23.0 Å². The second-order valence-corrected chi connectivity index (χ2v) is 10.1. The number of hydrogen-bond acceptors (Lipinski definition) is 4. The van der Waals surface area contributed by atoms with Crippen LogP contribution in [0.3, 0.4) is 0 Å². The lowest BCUT2D eigenvalue weighted by molar-refractivity contribution is 0.362. The third kappa shape index (κ3) is 5.94. The van der Waals surface area contributed by atoms with Crippen LogP contribution in [0.15, 0.2) is 155 Å². The van der Waals surface area contributed by atoms with Gasteiger partial charge in [-0.3, -0.25) is 4.99 Å². The van der Waals surface area contributed by atoms with Gasteiger partial charge in [-0.1, -0.05) is 103 Å². The molecule has 6 heteroatoms. The van der Waals surface area contributed by atoms with E-state index in [1.807, 2.05) is 98.0 Å². The fraction of sp³-hybridized carbons (Fsp3) is 0.0513. The summed E-state index contributed by atoms with van der Waals surface area (Å²) in [4.78, 5) is 12.7. The van der Waals surface area contributed by atoms with E-state index in [1.165, 1.54) is 5.39 Å². The zero-order valence-corrected chi connectivity index (χ0v) is 25.0. The molecule has 5 aromatic carbocycles. The second-order valence-electron chi connectivity index (χ2n) is 10.1. The molecule has 0 bridgehead atoms. The van der Waals surface area contributed by atoms with Crippen molar-refractivity contribution in [3.63, 3.8) is 0 Å². The van der Waals surface area contributed by atoms with Crippen LogP contribution in [0, 0.1) is 0 Å². The lowest BCUT2D eigenvalue weighted by Gasteiger charge is -2.21. The Labute approximate surface area is 262 Å². The number of ether oxygens (including phenoxy) is 2. The predicted molar refractivity (Wildman–Crippen MR) is 189 cm³/mol. The number of fused-ring (bicyclic) bond motifs is 8. The van der Waals surface area contributed by atoms with Gasteiger partial charge in [0.2, 0.25) is 0 Å². The molecule has 1 aliphatic rings. The number of hydrogen-bond donors (Lipinski definition) is 0. The van der Waals surface area contributed by atoms with Crippen molar-refractivity contribution in [2.75, 3.05) is 0 Å². The van der Waals surface area contributed by atoms with E-state index in [9.17, 15) is 0 Å². The maximum Gasteiger partial charge on any atom is 0.194 e. The zero-order chi connectivity index (χ0) is 31.0. The van der Waals surface area contributed by atoms with Gasteiger partial charge >= 0.3 is 0 Å². The summed E-state index contributed by atoms with van der Waals surface area (Å²) >= 11 is 0. The highest BCUT2D eigenvalue weighted by Gasteiger charge is 2.25. The fourth-order valence-corrected chi connectivity index (χ4v) is 5.39. The number of rotatable bonds is 6. The van der Waals surface area contributed by atoms with E-state index in [4.69, 9.17) is 14.5 Å². The van der Waals surface area contributed by atoms with Gasteiger partial charge in [-0.2, -0.15) is 0 Å². The minimum absolute atomic E-state index is 0.346. The Morgan fingerprint density at radius 2 is 1.36 bits per heavy atom. The van der Waals surface area contributed by atoms with Crippen LogP contribution in [-0.4, -0.2) is 23.8 Å². The first-order valence-corrected chi connectivity index (χ1v) is 14.6. The average molecular weight is 589 g/mol. The van der Waals surface area contributed by atoms with Crippen LogP contribution in [-0.2, 0) is 6.67 Å². The minimum Gasteiger partial charge on any atom is -0.449 e. The Bertz CT molecular complexity index is 2140. The molecule has 220 valence electrons. The Balaban J connectivity index is 0.000000349. The second kappa shape index (κ2) is 13.5. The smallest absolute Gasteiger partial charge is 0.194 e. The van der Waals surface area contributed by atoms with Gasteiger partial charge in [0, 0.05) is 27.9 Å². The fourth-order valence-electron chi connectivity index (χ4n) is 5.39. The number of benzene rings is 5. The Morgan fingerprint density at radius 1 is 0.667 bits per heavy atom. The molecule has 0 atom stereocenters. The molecular weight excluding hydrogens is 556 g/mol. The monoisotopic (exact) mass is 588 g/mol. The standard InChI is InChI=1S/C31H21N3O2.C8H11N/c1-32-31(21-10-3-2-4-11-21)33-19-34-28-22-12-6-5-9-20(22)15-16-23(28)24-17-18-27-30(29(24)34)36-26-14-8-7-13-25(26)35-27;1-3-4-5-6-7-8-9-2/h2-18H,1,19H2;3-8H,2H2,1H3/b33-31-;4-3+,6-5-,8-7-. The first-order valence-electron chi connectivity index (χ1n) is 14.6. The molecule has 0 aliphatic carbocycles. The molecule has 6 nitrogen and oxygen atoms in total. The van der Waals surface area contributed by atoms with Crippen molar-refractivity contribution < 1.29 is 9.47 Å². The number of aromatic nitrogens is 1. The van der Waals surface area contributed by atoms with Crippen molar-refractivity contribution in [2.24, 2.45) is 15.0 Å². The molecule has 0 saturated heterocycles. The number of allylic oxidation sites excluding steroid dienone is 5. The van der Waals surface area contributed by atoms with Crippen molar-refractivity contribution >= 4 is 51.8 Å². The molecule has 1 aromatic heterocycles. The van der Waals surface area contributed by atoms with E-state index in [0.29, 0.717) is 35.5 Å². The van der Waals surface area contributed by atoms with Crippen LogP contribution in [0.1, 0.15) is 12.5 Å². The number of para-hydroxylation sites is 2. The van der Waals surface area contributed by atoms with E-state index in [2.05, 4.69) is 70.5 Å². The lowest BCUT2D eigenvalue weighted by atomic mass is 10.1. The lowest BCUT2D eigenvalue weighted by Crippen LogP contribution is -2.04. The molecule has 45 heavy (non-hydrogen) atoms. The summed E-state index contributed by atoms with van der Waals surface area (Å²) in [6.45, 7) is 9.38. The molecule has 6 aromatic rings. The van der Waals surface area contributed by atoms with Gasteiger partial charge in [0.25, 0.3) is 0 Å². The summed E-state index contributed by atoms with van der Waals surface area (Å²) in [5, 5.41) is 4.54. The van der Waals surface area contributed by atoms with Crippen molar-refractivity contribution in [1.82, 2.24) is 4.57 Å². The zero-order valence-electron chi connectivity index (χ0n) is 25.0. The van der Waals surface area contributed by atoms with E-state index in [-0.39, 0.29) is 0 Å². The highest BCUT2D eigenvalue weighted by Crippen LogP contribution is 2.50. The number of aliphatic imine (C=N–C) groups is 3. The maximum atomic E-state index is 6.46. The summed E-state index contributed by atoms with van der Waals surface area (Å²) in [6.07, 6.45) is 11.2. The van der Waals surface area contributed by atoms with Gasteiger partial charge in [0.05, 0.1) is 11.0 Å². The van der Waals surface area contributed by atoms with E-state index >= 15 is 0 Å². The van der Waals surface area contributed by atoms with E-state index in [0.717, 1.165) is 32.8 Å². The van der Waals surface area contributed by atoms with Gasteiger partial charge in [0.1, 0.15) is 6.67 Å². The first-order chi connectivity index (χ1) is 22.2. The van der Waals surface area contributed by atoms with Crippen molar-refractivity contribution in [3.05, 3.63) is 145 Å². The van der Waals surface area contributed by atoms with Gasteiger partial charge in [-0.05, 0) is 56.1 Å². The number of amidine groups is 1. The number of nitrogens with zero attached hydrogens (tertiary/aromatic N) is 4. The predicted octanol–water partition coefficient (Wildman–Crippen LogP) is 10.3. The van der Waals surface area contributed by atoms with Crippen LogP contribution < -0.4 is 9.47 Å². The molecule has 0 amide bonds. The molecule has 0 saturated carbocycles. The third-order valence-corrected chi connectivity index (χ3v) is 7.37. The molecule has 0 radical (unpaired) electrons. The highest BCUT2D eigenvalue weighted by molar-refractivity contribution is 6.19. The van der Waals surface area contributed by atoms with E-state index < -0.39 is 0 Å². The van der Waals surface area contributed by atoms with Gasteiger partial charge < -0.3 is 14.0 Å². The van der Waals surface area contributed by atoms with Gasteiger partial charge in [0.15, 0.2) is 28.8 Å². The van der Waals surface area contributed by atoms with Gasteiger partial charge in [-0.15, -0.1) is 0 Å². The molecule has 0 N–H and O–H groups in total. The summed E-state index contributed by atoms with van der Waals surface area (Å²) in [7, 11) is 0. The highest BCUT2D eigenvalue weighted by atomic mass is 16.6. The Hall–Kier alpha value is -6.01. The summed E-state index contributed by atoms with van der Waals surface area (Å²) < 4.78 is 14.9. The van der Waals surface area contributed by atoms with Crippen LogP contribution >= 0.6 is 0 Å². The van der Waals surface area contributed by atoms with Crippen molar-refractivity contribution in [2.45, 2.75) is 13.6 Å². The van der Waals surface area contributed by atoms with Crippen LogP contribution in [0.25, 0.3) is 32.6 Å². The molecule has 0 unspecified atom stereocenters. The topological polar surface area (TPSA) is 60.5 Å². The quantitative estimate of drug-likeness (QED) is 0.110. The maximum absolute atomic E-state index is 6.46. The van der Waals surface area contributed by atoms with Crippen molar-refractivity contribution in [3.8, 4) is 23.0 Å². The largest absolute Gasteiger partial charge is 0.449 e. The Kier molecular flexibility index (Phi) is 8.74. The van der Waals surface area contributed by atoms with Crippen LogP contribution in [0.4, 0.5) is 0 Å².